The summed E-state index contributed by atoms with van der Waals surface area (Å²) in [4.78, 5) is 32.1. The molecule has 4 aromatic rings. The lowest BCUT2D eigenvalue weighted by atomic mass is 10.1. The van der Waals surface area contributed by atoms with E-state index in [0.29, 0.717) is 23.6 Å². The molecule has 2 amide bonds. The van der Waals surface area contributed by atoms with E-state index in [9.17, 15) is 9.59 Å². The fourth-order valence-electron chi connectivity index (χ4n) is 4.73. The van der Waals surface area contributed by atoms with Crippen molar-refractivity contribution in [3.63, 3.8) is 0 Å². The number of hydrogen-bond acceptors (Lipinski definition) is 4. The second kappa shape index (κ2) is 12.8. The number of hydrogen-bond donors (Lipinski definition) is 1. The Kier molecular flexibility index (Phi) is 8.79. The average molecular weight is 548 g/mol. The van der Waals surface area contributed by atoms with E-state index in [1.54, 1.807) is 0 Å². The third kappa shape index (κ3) is 6.89. The highest BCUT2D eigenvalue weighted by molar-refractivity contribution is 8.04. The van der Waals surface area contributed by atoms with E-state index in [-0.39, 0.29) is 11.8 Å². The first-order valence-electron chi connectivity index (χ1n) is 13.4. The molecule has 202 valence electrons. The SMILES string of the molecule is Cc1cccc(CN2C(=O)/C(=C\c3ccc(C(=O)NCCN(C)Cc4ccccc4)cc3)Sc3ccccc32)c1. The van der Waals surface area contributed by atoms with Gasteiger partial charge in [-0.05, 0) is 61.0 Å². The molecule has 6 heteroatoms. The van der Waals surface area contributed by atoms with E-state index in [0.717, 1.165) is 34.8 Å². The van der Waals surface area contributed by atoms with Gasteiger partial charge in [0.1, 0.15) is 0 Å². The summed E-state index contributed by atoms with van der Waals surface area (Å²) in [5.41, 5.74) is 5.92. The predicted molar refractivity (Wildman–Crippen MR) is 164 cm³/mol. The Morgan fingerprint density at radius 1 is 0.900 bits per heavy atom. The van der Waals surface area contributed by atoms with Crippen LogP contribution < -0.4 is 10.2 Å². The first kappa shape index (κ1) is 27.4. The number of amides is 2. The zero-order chi connectivity index (χ0) is 27.9. The van der Waals surface area contributed by atoms with Gasteiger partial charge in [0.25, 0.3) is 11.8 Å². The highest BCUT2D eigenvalue weighted by atomic mass is 32.2. The maximum atomic E-state index is 13.6. The van der Waals surface area contributed by atoms with Crippen LogP contribution in [0.3, 0.4) is 0 Å². The van der Waals surface area contributed by atoms with Crippen molar-refractivity contribution in [2.24, 2.45) is 0 Å². The third-order valence-electron chi connectivity index (χ3n) is 6.80. The van der Waals surface area contributed by atoms with Crippen molar-refractivity contribution in [1.82, 2.24) is 10.2 Å². The number of thioether (sulfide) groups is 1. The Balaban J connectivity index is 1.23. The van der Waals surface area contributed by atoms with Crippen LogP contribution >= 0.6 is 11.8 Å². The molecule has 0 fully saturated rings. The molecule has 1 heterocycles. The number of likely N-dealkylation sites (N-methyl/N-ethyl adjacent to an activating group) is 1. The fourth-order valence-corrected chi connectivity index (χ4v) is 5.79. The molecule has 4 aromatic carbocycles. The Hall–Kier alpha value is -4.13. The molecule has 0 aromatic heterocycles. The summed E-state index contributed by atoms with van der Waals surface area (Å²) in [6, 6.07) is 34.0. The quantitative estimate of drug-likeness (QED) is 0.242. The number of rotatable bonds is 9. The van der Waals surface area contributed by atoms with Crippen LogP contribution in [-0.2, 0) is 17.9 Å². The molecule has 1 aliphatic heterocycles. The molecule has 1 N–H and O–H groups in total. The van der Waals surface area contributed by atoms with Crippen molar-refractivity contribution in [2.45, 2.75) is 24.9 Å². The van der Waals surface area contributed by atoms with Crippen LogP contribution in [0.2, 0.25) is 0 Å². The third-order valence-corrected chi connectivity index (χ3v) is 7.88. The van der Waals surface area contributed by atoms with Gasteiger partial charge in [0.15, 0.2) is 0 Å². The molecular formula is C34H33N3O2S. The van der Waals surface area contributed by atoms with Crippen LogP contribution in [0.15, 0.2) is 113 Å². The number of carbonyl (C=O) groups excluding carboxylic acids is 2. The van der Waals surface area contributed by atoms with Crippen molar-refractivity contribution < 1.29 is 9.59 Å². The molecule has 5 rings (SSSR count). The minimum absolute atomic E-state index is 0.0216. The van der Waals surface area contributed by atoms with Gasteiger partial charge in [0.2, 0.25) is 0 Å². The fraction of sp³-hybridized carbons (Fsp3) is 0.176. The molecule has 40 heavy (non-hydrogen) atoms. The van der Waals surface area contributed by atoms with Gasteiger partial charge in [-0.15, -0.1) is 0 Å². The molecule has 0 radical (unpaired) electrons. The number of nitrogens with one attached hydrogen (secondary N) is 1. The molecular weight excluding hydrogens is 514 g/mol. The molecule has 0 aliphatic carbocycles. The minimum Gasteiger partial charge on any atom is -0.351 e. The Morgan fingerprint density at radius 2 is 1.62 bits per heavy atom. The zero-order valence-corrected chi connectivity index (χ0v) is 23.7. The number of fused-ring (bicyclic) bond motifs is 1. The van der Waals surface area contributed by atoms with Gasteiger partial charge < -0.3 is 15.1 Å². The van der Waals surface area contributed by atoms with Gasteiger partial charge in [-0.2, -0.15) is 0 Å². The molecule has 0 saturated carbocycles. The standard InChI is InChI=1S/C34H33N3O2S/c1-25-9-8-12-28(21-25)24-37-30-13-6-7-14-31(30)40-32(34(37)39)22-26-15-17-29(18-16-26)33(38)35-19-20-36(2)23-27-10-4-3-5-11-27/h3-18,21-22H,19-20,23-24H2,1-2H3,(H,35,38)/b32-22+. The Labute approximate surface area is 240 Å². The molecule has 0 spiro atoms. The maximum absolute atomic E-state index is 13.6. The van der Waals surface area contributed by atoms with E-state index in [4.69, 9.17) is 0 Å². The topological polar surface area (TPSA) is 52.7 Å². The number of nitrogens with zero attached hydrogens (tertiary/aromatic N) is 2. The Morgan fingerprint density at radius 3 is 2.40 bits per heavy atom. The van der Waals surface area contributed by atoms with Gasteiger partial charge in [-0.1, -0.05) is 96.2 Å². The lowest BCUT2D eigenvalue weighted by molar-refractivity contribution is -0.114. The molecule has 0 bridgehead atoms. The normalized spacial score (nSPS) is 13.9. The smallest absolute Gasteiger partial charge is 0.265 e. The van der Waals surface area contributed by atoms with Crippen LogP contribution in [0.1, 0.15) is 32.6 Å². The summed E-state index contributed by atoms with van der Waals surface area (Å²) in [5.74, 6) is -0.125. The van der Waals surface area contributed by atoms with Crippen molar-refractivity contribution in [3.8, 4) is 0 Å². The summed E-state index contributed by atoms with van der Waals surface area (Å²) < 4.78 is 0. The number of benzene rings is 4. The van der Waals surface area contributed by atoms with Gasteiger partial charge in [-0.25, -0.2) is 0 Å². The molecule has 5 nitrogen and oxygen atoms in total. The average Bonchev–Trinajstić information content (AvgIpc) is 2.96. The summed E-state index contributed by atoms with van der Waals surface area (Å²) >= 11 is 1.49. The largest absolute Gasteiger partial charge is 0.351 e. The summed E-state index contributed by atoms with van der Waals surface area (Å²) in [7, 11) is 2.05. The second-order valence-electron chi connectivity index (χ2n) is 10.1. The van der Waals surface area contributed by atoms with E-state index in [1.165, 1.54) is 22.9 Å². The number of anilines is 1. The van der Waals surface area contributed by atoms with Crippen molar-refractivity contribution in [1.29, 1.82) is 0 Å². The predicted octanol–water partition coefficient (Wildman–Crippen LogP) is 6.54. The van der Waals surface area contributed by atoms with Crippen LogP contribution in [0.4, 0.5) is 5.69 Å². The zero-order valence-electron chi connectivity index (χ0n) is 22.8. The Bertz CT molecular complexity index is 1520. The lowest BCUT2D eigenvalue weighted by Crippen LogP contribution is -2.33. The van der Waals surface area contributed by atoms with Gasteiger partial charge in [0, 0.05) is 30.1 Å². The van der Waals surface area contributed by atoms with Crippen LogP contribution in [0.5, 0.6) is 0 Å². The molecule has 1 aliphatic rings. The highest BCUT2D eigenvalue weighted by Gasteiger charge is 2.29. The molecule has 0 unspecified atom stereocenters. The van der Waals surface area contributed by atoms with Crippen LogP contribution in [-0.4, -0.2) is 36.9 Å². The van der Waals surface area contributed by atoms with E-state index >= 15 is 0 Å². The first-order valence-corrected chi connectivity index (χ1v) is 14.2. The van der Waals surface area contributed by atoms with Crippen LogP contribution in [0, 0.1) is 6.92 Å². The lowest BCUT2D eigenvalue weighted by Gasteiger charge is -2.30. The van der Waals surface area contributed by atoms with Gasteiger partial charge in [-0.3, -0.25) is 9.59 Å². The highest BCUT2D eigenvalue weighted by Crippen LogP contribution is 2.42. The molecule has 0 atom stereocenters. The second-order valence-corrected chi connectivity index (χ2v) is 11.1. The first-order chi connectivity index (χ1) is 19.5. The van der Waals surface area contributed by atoms with Gasteiger partial charge in [0.05, 0.1) is 17.1 Å². The number of para-hydroxylation sites is 1. The monoisotopic (exact) mass is 547 g/mol. The maximum Gasteiger partial charge on any atom is 0.265 e. The number of carbonyl (C=O) groups is 2. The number of aryl methyl sites for hydroxylation is 1. The van der Waals surface area contributed by atoms with E-state index in [2.05, 4.69) is 47.5 Å². The van der Waals surface area contributed by atoms with E-state index < -0.39 is 0 Å². The van der Waals surface area contributed by atoms with Crippen LogP contribution in [0.25, 0.3) is 6.08 Å². The molecule has 0 saturated heterocycles. The van der Waals surface area contributed by atoms with Gasteiger partial charge >= 0.3 is 0 Å². The summed E-state index contributed by atoms with van der Waals surface area (Å²) in [6.45, 7) is 4.73. The minimum atomic E-state index is -0.103. The van der Waals surface area contributed by atoms with Crippen molar-refractivity contribution in [3.05, 3.63) is 136 Å². The van der Waals surface area contributed by atoms with Crippen molar-refractivity contribution in [2.75, 3.05) is 25.0 Å². The van der Waals surface area contributed by atoms with Crippen molar-refractivity contribution >= 4 is 35.3 Å². The van der Waals surface area contributed by atoms with E-state index in [1.807, 2.05) is 90.8 Å². The summed E-state index contributed by atoms with van der Waals surface area (Å²) in [5, 5.41) is 3.01. The summed E-state index contributed by atoms with van der Waals surface area (Å²) in [6.07, 6.45) is 1.91.